The SMILES string of the molecule is CNC(=O)c1ccc(-c2nc3cc(Cl)ccn3c2CC2CN(C(C)=O)CCO2)c(C)c1. The minimum atomic E-state index is -0.128. The number of carbonyl (C=O) groups is 2. The van der Waals surface area contributed by atoms with E-state index in [0.717, 1.165) is 28.2 Å². The van der Waals surface area contributed by atoms with E-state index in [1.807, 2.05) is 46.7 Å². The van der Waals surface area contributed by atoms with E-state index in [1.54, 1.807) is 20.0 Å². The van der Waals surface area contributed by atoms with Gasteiger partial charge in [-0.3, -0.25) is 9.59 Å². The van der Waals surface area contributed by atoms with Crippen LogP contribution in [0.5, 0.6) is 0 Å². The molecule has 1 atom stereocenters. The third-order valence-electron chi connectivity index (χ3n) is 5.66. The van der Waals surface area contributed by atoms with Crippen LogP contribution in [0.4, 0.5) is 0 Å². The fourth-order valence-corrected chi connectivity index (χ4v) is 4.19. The summed E-state index contributed by atoms with van der Waals surface area (Å²) in [5.41, 5.74) is 5.05. The lowest BCUT2D eigenvalue weighted by atomic mass is 9.99. The van der Waals surface area contributed by atoms with Crippen LogP contribution in [0.2, 0.25) is 5.02 Å². The molecule has 1 fully saturated rings. The van der Waals surface area contributed by atoms with Crippen LogP contribution in [0.15, 0.2) is 36.5 Å². The highest BCUT2D eigenvalue weighted by Crippen LogP contribution is 2.30. The number of nitrogens with zero attached hydrogens (tertiary/aromatic N) is 3. The van der Waals surface area contributed by atoms with Gasteiger partial charge in [0.2, 0.25) is 5.91 Å². The van der Waals surface area contributed by atoms with Crippen LogP contribution in [-0.2, 0) is 16.0 Å². The molecule has 0 radical (unpaired) electrons. The van der Waals surface area contributed by atoms with Gasteiger partial charge in [0.05, 0.1) is 24.1 Å². The molecule has 1 N–H and O–H groups in total. The van der Waals surface area contributed by atoms with Crippen molar-refractivity contribution in [1.82, 2.24) is 19.6 Å². The number of fused-ring (bicyclic) bond motifs is 1. The number of ether oxygens (including phenoxy) is 1. The highest BCUT2D eigenvalue weighted by molar-refractivity contribution is 6.30. The van der Waals surface area contributed by atoms with Gasteiger partial charge in [0.1, 0.15) is 5.65 Å². The van der Waals surface area contributed by atoms with Gasteiger partial charge in [0.25, 0.3) is 5.91 Å². The number of morpholine rings is 1. The summed E-state index contributed by atoms with van der Waals surface area (Å²) in [4.78, 5) is 30.5. The molecular weight excluding hydrogens is 416 g/mol. The van der Waals surface area contributed by atoms with Crippen molar-refractivity contribution in [3.63, 3.8) is 0 Å². The van der Waals surface area contributed by atoms with Gasteiger partial charge in [-0.25, -0.2) is 4.98 Å². The normalized spacial score (nSPS) is 16.5. The topological polar surface area (TPSA) is 75.9 Å². The summed E-state index contributed by atoms with van der Waals surface area (Å²) >= 11 is 6.21. The van der Waals surface area contributed by atoms with E-state index in [9.17, 15) is 9.59 Å². The molecule has 7 nitrogen and oxygen atoms in total. The number of rotatable bonds is 4. The number of imidazole rings is 1. The van der Waals surface area contributed by atoms with Gasteiger partial charge < -0.3 is 19.4 Å². The van der Waals surface area contributed by atoms with Crippen molar-refractivity contribution < 1.29 is 14.3 Å². The van der Waals surface area contributed by atoms with Crippen LogP contribution < -0.4 is 5.32 Å². The van der Waals surface area contributed by atoms with E-state index < -0.39 is 0 Å². The second kappa shape index (κ2) is 8.69. The van der Waals surface area contributed by atoms with E-state index in [4.69, 9.17) is 21.3 Å². The van der Waals surface area contributed by atoms with Crippen molar-refractivity contribution in [3.8, 4) is 11.3 Å². The molecule has 2 aromatic heterocycles. The number of aromatic nitrogens is 2. The summed E-state index contributed by atoms with van der Waals surface area (Å²) < 4.78 is 7.99. The predicted molar refractivity (Wildman–Crippen MR) is 119 cm³/mol. The van der Waals surface area contributed by atoms with E-state index in [0.29, 0.717) is 36.7 Å². The number of pyridine rings is 1. The molecule has 1 aromatic carbocycles. The molecule has 2 amide bonds. The third-order valence-corrected chi connectivity index (χ3v) is 5.90. The maximum absolute atomic E-state index is 12.0. The van der Waals surface area contributed by atoms with Crippen molar-refractivity contribution in [2.24, 2.45) is 0 Å². The predicted octanol–water partition coefficient (Wildman–Crippen LogP) is 3.11. The van der Waals surface area contributed by atoms with Crippen LogP contribution in [0.3, 0.4) is 0 Å². The Kier molecular flexibility index (Phi) is 5.98. The van der Waals surface area contributed by atoms with Crippen LogP contribution in [0.1, 0.15) is 28.5 Å². The molecule has 31 heavy (non-hydrogen) atoms. The standard InChI is InChI=1S/C23H25ClN4O3/c1-14-10-16(23(30)25-3)4-5-19(14)22-20(28-7-6-17(24)11-21(28)26-22)12-18-13-27(15(2)29)8-9-31-18/h4-7,10-11,18H,8-9,12-13H2,1-3H3,(H,25,30). The number of nitrogens with one attached hydrogen (secondary N) is 1. The molecule has 0 aliphatic carbocycles. The van der Waals surface area contributed by atoms with Gasteiger partial charge in [0.15, 0.2) is 0 Å². The molecule has 1 aliphatic rings. The van der Waals surface area contributed by atoms with Crippen molar-refractivity contribution in [2.45, 2.75) is 26.4 Å². The number of benzene rings is 1. The lowest BCUT2D eigenvalue weighted by molar-refractivity contribution is -0.136. The first-order valence-electron chi connectivity index (χ1n) is 10.2. The second-order valence-electron chi connectivity index (χ2n) is 7.75. The molecule has 1 aliphatic heterocycles. The first kappa shape index (κ1) is 21.3. The monoisotopic (exact) mass is 440 g/mol. The Bertz CT molecular complexity index is 1160. The average molecular weight is 441 g/mol. The Balaban J connectivity index is 1.77. The van der Waals surface area contributed by atoms with E-state index in [2.05, 4.69) is 5.32 Å². The number of hydrogen-bond donors (Lipinski definition) is 1. The van der Waals surface area contributed by atoms with Crippen LogP contribution in [-0.4, -0.2) is 58.9 Å². The Morgan fingerprint density at radius 3 is 2.81 bits per heavy atom. The van der Waals surface area contributed by atoms with Crippen LogP contribution in [0, 0.1) is 6.92 Å². The molecule has 0 spiro atoms. The highest BCUT2D eigenvalue weighted by Gasteiger charge is 2.26. The van der Waals surface area contributed by atoms with E-state index in [1.165, 1.54) is 0 Å². The van der Waals surface area contributed by atoms with Crippen molar-refractivity contribution in [3.05, 3.63) is 58.4 Å². The smallest absolute Gasteiger partial charge is 0.251 e. The lowest BCUT2D eigenvalue weighted by Crippen LogP contribution is -2.45. The molecule has 8 heteroatoms. The van der Waals surface area contributed by atoms with Crippen molar-refractivity contribution >= 4 is 29.1 Å². The summed E-state index contributed by atoms with van der Waals surface area (Å²) in [5.74, 6) is -0.0735. The zero-order chi connectivity index (χ0) is 22.1. The molecule has 162 valence electrons. The molecule has 4 rings (SSSR count). The van der Waals surface area contributed by atoms with Gasteiger partial charge >= 0.3 is 0 Å². The van der Waals surface area contributed by atoms with Gasteiger partial charge in [-0.1, -0.05) is 17.7 Å². The summed E-state index contributed by atoms with van der Waals surface area (Å²) in [7, 11) is 1.62. The number of halogens is 1. The fourth-order valence-electron chi connectivity index (χ4n) is 4.04. The number of carbonyl (C=O) groups excluding carboxylic acids is 2. The number of amides is 2. The molecule has 0 bridgehead atoms. The van der Waals surface area contributed by atoms with Gasteiger partial charge in [0, 0.05) is 61.9 Å². The van der Waals surface area contributed by atoms with E-state index >= 15 is 0 Å². The quantitative estimate of drug-likeness (QED) is 0.676. The summed E-state index contributed by atoms with van der Waals surface area (Å²) in [6.45, 7) is 5.23. The molecule has 3 aromatic rings. The zero-order valence-corrected chi connectivity index (χ0v) is 18.6. The zero-order valence-electron chi connectivity index (χ0n) is 17.8. The summed E-state index contributed by atoms with van der Waals surface area (Å²) in [6, 6.07) is 9.25. The Morgan fingerprint density at radius 1 is 1.29 bits per heavy atom. The number of aryl methyl sites for hydroxylation is 1. The summed E-state index contributed by atoms with van der Waals surface area (Å²) in [5, 5.41) is 3.26. The Labute approximate surface area is 186 Å². The average Bonchev–Trinajstić information content (AvgIpc) is 3.10. The highest BCUT2D eigenvalue weighted by atomic mass is 35.5. The lowest BCUT2D eigenvalue weighted by Gasteiger charge is -2.32. The second-order valence-corrected chi connectivity index (χ2v) is 8.19. The van der Waals surface area contributed by atoms with Crippen LogP contribution in [0.25, 0.3) is 16.9 Å². The molecule has 3 heterocycles. The van der Waals surface area contributed by atoms with Gasteiger partial charge in [-0.15, -0.1) is 0 Å². The molecular formula is C23H25ClN4O3. The molecule has 1 saturated heterocycles. The van der Waals surface area contributed by atoms with E-state index in [-0.39, 0.29) is 17.9 Å². The maximum Gasteiger partial charge on any atom is 0.251 e. The third kappa shape index (κ3) is 4.29. The minimum Gasteiger partial charge on any atom is -0.374 e. The molecule has 1 unspecified atom stereocenters. The summed E-state index contributed by atoms with van der Waals surface area (Å²) in [6.07, 6.45) is 2.37. The Morgan fingerprint density at radius 2 is 2.10 bits per heavy atom. The first-order valence-corrected chi connectivity index (χ1v) is 10.6. The first-order chi connectivity index (χ1) is 14.9. The van der Waals surface area contributed by atoms with Gasteiger partial charge in [-0.05, 0) is 30.7 Å². The Hall–Kier alpha value is -2.90. The fraction of sp³-hybridized carbons (Fsp3) is 0.348. The number of hydrogen-bond acceptors (Lipinski definition) is 4. The van der Waals surface area contributed by atoms with Crippen molar-refractivity contribution in [2.75, 3.05) is 26.7 Å². The van der Waals surface area contributed by atoms with Gasteiger partial charge in [-0.2, -0.15) is 0 Å². The molecule has 0 saturated carbocycles. The van der Waals surface area contributed by atoms with Crippen molar-refractivity contribution in [1.29, 1.82) is 0 Å². The largest absolute Gasteiger partial charge is 0.374 e. The minimum absolute atomic E-state index is 0.0547. The maximum atomic E-state index is 12.0. The van der Waals surface area contributed by atoms with Crippen LogP contribution >= 0.6 is 11.6 Å².